The maximum atomic E-state index is 11.3. The SMILES string of the molecule is O=C1/C=C/C(=O)OCCCCCCCCCCCO1. The minimum absolute atomic E-state index is 0.429. The number of hydrogen-bond acceptors (Lipinski definition) is 4. The van der Waals surface area contributed by atoms with Crippen molar-refractivity contribution in [2.24, 2.45) is 0 Å². The molecule has 1 aliphatic rings. The average molecular weight is 268 g/mol. The summed E-state index contributed by atoms with van der Waals surface area (Å²) in [4.78, 5) is 22.5. The van der Waals surface area contributed by atoms with Crippen molar-refractivity contribution in [3.63, 3.8) is 0 Å². The molecular weight excluding hydrogens is 244 g/mol. The van der Waals surface area contributed by atoms with Crippen LogP contribution >= 0.6 is 0 Å². The Morgan fingerprint density at radius 2 is 0.895 bits per heavy atom. The minimum Gasteiger partial charge on any atom is -0.463 e. The van der Waals surface area contributed by atoms with Crippen LogP contribution in [0.1, 0.15) is 57.8 Å². The summed E-state index contributed by atoms with van der Waals surface area (Å²) in [6.45, 7) is 0.858. The zero-order valence-electron chi connectivity index (χ0n) is 11.6. The monoisotopic (exact) mass is 268 g/mol. The van der Waals surface area contributed by atoms with E-state index in [4.69, 9.17) is 9.47 Å². The van der Waals surface area contributed by atoms with Crippen molar-refractivity contribution in [3.05, 3.63) is 12.2 Å². The van der Waals surface area contributed by atoms with Crippen LogP contribution in [0.2, 0.25) is 0 Å². The highest BCUT2D eigenvalue weighted by molar-refractivity contribution is 5.91. The van der Waals surface area contributed by atoms with Crippen LogP contribution in [0, 0.1) is 0 Å². The summed E-state index contributed by atoms with van der Waals surface area (Å²) in [7, 11) is 0. The van der Waals surface area contributed by atoms with Crippen LogP contribution < -0.4 is 0 Å². The number of esters is 2. The molecule has 4 heteroatoms. The van der Waals surface area contributed by atoms with E-state index in [1.165, 1.54) is 32.1 Å². The van der Waals surface area contributed by atoms with Crippen LogP contribution in [0.5, 0.6) is 0 Å². The first kappa shape index (κ1) is 15.7. The van der Waals surface area contributed by atoms with Gasteiger partial charge in [0, 0.05) is 12.2 Å². The van der Waals surface area contributed by atoms with Gasteiger partial charge in [0.1, 0.15) is 0 Å². The molecule has 1 aliphatic heterocycles. The van der Waals surface area contributed by atoms with Gasteiger partial charge in [-0.1, -0.05) is 44.9 Å². The van der Waals surface area contributed by atoms with Gasteiger partial charge in [-0.05, 0) is 12.8 Å². The summed E-state index contributed by atoms with van der Waals surface area (Å²) in [6.07, 6.45) is 12.4. The van der Waals surface area contributed by atoms with Crippen molar-refractivity contribution in [1.29, 1.82) is 0 Å². The summed E-state index contributed by atoms with van der Waals surface area (Å²) < 4.78 is 9.96. The molecule has 1 rings (SSSR count). The molecule has 19 heavy (non-hydrogen) atoms. The molecule has 0 fully saturated rings. The fourth-order valence-electron chi connectivity index (χ4n) is 2.02. The van der Waals surface area contributed by atoms with Gasteiger partial charge in [-0.15, -0.1) is 0 Å². The molecular formula is C15H24O4. The Kier molecular flexibility index (Phi) is 8.77. The lowest BCUT2D eigenvalue weighted by Gasteiger charge is -2.03. The van der Waals surface area contributed by atoms with Crippen molar-refractivity contribution < 1.29 is 19.1 Å². The second kappa shape index (κ2) is 10.6. The van der Waals surface area contributed by atoms with E-state index in [0.717, 1.165) is 37.8 Å². The van der Waals surface area contributed by atoms with Gasteiger partial charge >= 0.3 is 11.9 Å². The van der Waals surface area contributed by atoms with E-state index in [9.17, 15) is 9.59 Å². The first-order valence-electron chi connectivity index (χ1n) is 7.30. The highest BCUT2D eigenvalue weighted by Gasteiger charge is 2.02. The van der Waals surface area contributed by atoms with E-state index in [1.807, 2.05) is 0 Å². The third-order valence-corrected chi connectivity index (χ3v) is 3.13. The van der Waals surface area contributed by atoms with E-state index in [-0.39, 0.29) is 0 Å². The first-order chi connectivity index (χ1) is 9.29. The second-order valence-electron chi connectivity index (χ2n) is 4.85. The van der Waals surface area contributed by atoms with Crippen LogP contribution in [0.3, 0.4) is 0 Å². The van der Waals surface area contributed by atoms with Crippen LogP contribution in [0.15, 0.2) is 12.2 Å². The molecule has 4 nitrogen and oxygen atoms in total. The van der Waals surface area contributed by atoms with Gasteiger partial charge < -0.3 is 9.47 Å². The molecule has 0 aromatic heterocycles. The molecule has 0 aliphatic carbocycles. The third-order valence-electron chi connectivity index (χ3n) is 3.13. The van der Waals surface area contributed by atoms with Gasteiger partial charge in [-0.25, -0.2) is 9.59 Å². The van der Waals surface area contributed by atoms with Crippen LogP contribution in [0.25, 0.3) is 0 Å². The smallest absolute Gasteiger partial charge is 0.331 e. The lowest BCUT2D eigenvalue weighted by Crippen LogP contribution is -2.06. The highest BCUT2D eigenvalue weighted by atomic mass is 16.5. The number of carbonyl (C=O) groups excluding carboxylic acids is 2. The summed E-state index contributed by atoms with van der Waals surface area (Å²) >= 11 is 0. The fraction of sp³-hybridized carbons (Fsp3) is 0.733. The number of carbonyl (C=O) groups is 2. The molecule has 0 N–H and O–H groups in total. The average Bonchev–Trinajstić information content (AvgIpc) is 2.41. The van der Waals surface area contributed by atoms with E-state index < -0.39 is 11.9 Å². The molecule has 0 unspecified atom stereocenters. The summed E-state index contributed by atoms with van der Waals surface area (Å²) in [6, 6.07) is 0. The van der Waals surface area contributed by atoms with Gasteiger partial charge in [0.05, 0.1) is 13.2 Å². The van der Waals surface area contributed by atoms with E-state index in [2.05, 4.69) is 0 Å². The van der Waals surface area contributed by atoms with Crippen LogP contribution in [0.4, 0.5) is 0 Å². The molecule has 108 valence electrons. The molecule has 0 saturated heterocycles. The first-order valence-corrected chi connectivity index (χ1v) is 7.30. The van der Waals surface area contributed by atoms with E-state index >= 15 is 0 Å². The standard InChI is InChI=1S/C15H24O4/c16-14-10-11-15(17)19-13-9-7-5-3-1-2-4-6-8-12-18-14/h10-11H,1-9,12-13H2/b11-10+. The van der Waals surface area contributed by atoms with Crippen LogP contribution in [-0.4, -0.2) is 25.2 Å². The van der Waals surface area contributed by atoms with Gasteiger partial charge in [-0.3, -0.25) is 0 Å². The Labute approximate surface area is 115 Å². The minimum atomic E-state index is -0.471. The third kappa shape index (κ3) is 9.28. The van der Waals surface area contributed by atoms with Crippen molar-refractivity contribution in [1.82, 2.24) is 0 Å². The Bertz CT molecular complexity index is 269. The van der Waals surface area contributed by atoms with Gasteiger partial charge in [-0.2, -0.15) is 0 Å². The number of hydrogen-bond donors (Lipinski definition) is 0. The van der Waals surface area contributed by atoms with Crippen molar-refractivity contribution >= 4 is 11.9 Å². The largest absolute Gasteiger partial charge is 0.463 e. The summed E-state index contributed by atoms with van der Waals surface area (Å²) in [5.74, 6) is -0.942. The lowest BCUT2D eigenvalue weighted by atomic mass is 10.1. The molecule has 0 spiro atoms. The molecule has 0 saturated carbocycles. The summed E-state index contributed by atoms with van der Waals surface area (Å²) in [5.41, 5.74) is 0. The van der Waals surface area contributed by atoms with E-state index in [0.29, 0.717) is 13.2 Å². The summed E-state index contributed by atoms with van der Waals surface area (Å²) in [5, 5.41) is 0. The molecule has 0 aromatic rings. The Morgan fingerprint density at radius 3 is 1.26 bits per heavy atom. The van der Waals surface area contributed by atoms with Gasteiger partial charge in [0.15, 0.2) is 0 Å². The second-order valence-corrected chi connectivity index (χ2v) is 4.85. The predicted octanol–water partition coefficient (Wildman–Crippen LogP) is 3.15. The molecule has 1 heterocycles. The van der Waals surface area contributed by atoms with Gasteiger partial charge in [0.2, 0.25) is 0 Å². The fourth-order valence-corrected chi connectivity index (χ4v) is 2.02. The lowest BCUT2D eigenvalue weighted by molar-refractivity contribution is -0.140. The molecule has 0 radical (unpaired) electrons. The van der Waals surface area contributed by atoms with Crippen molar-refractivity contribution in [3.8, 4) is 0 Å². The molecule has 0 aromatic carbocycles. The molecule has 0 bridgehead atoms. The maximum Gasteiger partial charge on any atom is 0.331 e. The zero-order chi connectivity index (χ0) is 13.8. The zero-order valence-corrected chi connectivity index (χ0v) is 11.6. The maximum absolute atomic E-state index is 11.3. The Balaban J connectivity index is 2.31. The highest BCUT2D eigenvalue weighted by Crippen LogP contribution is 2.10. The van der Waals surface area contributed by atoms with Crippen molar-refractivity contribution in [2.75, 3.05) is 13.2 Å². The van der Waals surface area contributed by atoms with Crippen molar-refractivity contribution in [2.45, 2.75) is 57.8 Å². The predicted molar refractivity (Wildman–Crippen MR) is 72.6 cm³/mol. The number of ether oxygens (including phenoxy) is 2. The topological polar surface area (TPSA) is 52.6 Å². The molecule has 0 amide bonds. The number of rotatable bonds is 0. The number of cyclic esters (lactones) is 2. The quantitative estimate of drug-likeness (QED) is 0.633. The Morgan fingerprint density at radius 1 is 0.579 bits per heavy atom. The van der Waals surface area contributed by atoms with Gasteiger partial charge in [0.25, 0.3) is 0 Å². The van der Waals surface area contributed by atoms with E-state index in [1.54, 1.807) is 0 Å². The van der Waals surface area contributed by atoms with Crippen LogP contribution in [-0.2, 0) is 19.1 Å². The normalized spacial score (nSPS) is 22.9. The Hall–Kier alpha value is -1.32. The molecule has 0 atom stereocenters.